The molecule has 0 aromatic heterocycles. The maximum absolute atomic E-state index is 11.7. The number of esters is 1. The van der Waals surface area contributed by atoms with Crippen molar-refractivity contribution >= 4 is 5.97 Å². The average molecular weight is 254 g/mol. The summed E-state index contributed by atoms with van der Waals surface area (Å²) in [5.74, 6) is -0.190. The highest BCUT2D eigenvalue weighted by atomic mass is 16.5. The van der Waals surface area contributed by atoms with E-state index in [9.17, 15) is 4.79 Å². The first-order valence-corrected chi connectivity index (χ1v) is 6.40. The lowest BCUT2D eigenvalue weighted by Gasteiger charge is -2.05. The molecular weight excluding hydrogens is 236 g/mol. The van der Waals surface area contributed by atoms with Gasteiger partial charge < -0.3 is 4.74 Å². The molecule has 0 bridgehead atoms. The number of benzene rings is 2. The van der Waals surface area contributed by atoms with Gasteiger partial charge in [-0.1, -0.05) is 59.7 Å². The Kier molecular flexibility index (Phi) is 4.35. The van der Waals surface area contributed by atoms with Crippen LogP contribution >= 0.6 is 0 Å². The third kappa shape index (κ3) is 4.25. The van der Waals surface area contributed by atoms with Crippen LogP contribution in [-0.2, 0) is 22.6 Å². The summed E-state index contributed by atoms with van der Waals surface area (Å²) in [6.07, 6.45) is 0.326. The first-order chi connectivity index (χ1) is 9.13. The number of hydrogen-bond acceptors (Lipinski definition) is 2. The Labute approximate surface area is 114 Å². The predicted octanol–water partition coefficient (Wildman–Crippen LogP) is 3.59. The zero-order chi connectivity index (χ0) is 13.7. The maximum atomic E-state index is 11.7. The lowest BCUT2D eigenvalue weighted by atomic mass is 10.1. The molecule has 0 fully saturated rings. The minimum Gasteiger partial charge on any atom is -0.461 e. The molecule has 0 atom stereocenters. The van der Waals surface area contributed by atoms with Crippen molar-refractivity contribution in [3.63, 3.8) is 0 Å². The third-order valence-electron chi connectivity index (χ3n) is 2.99. The minimum atomic E-state index is -0.190. The molecule has 0 saturated carbocycles. The lowest BCUT2D eigenvalue weighted by Crippen LogP contribution is -2.07. The van der Waals surface area contributed by atoms with Crippen LogP contribution in [0.2, 0.25) is 0 Å². The van der Waals surface area contributed by atoms with Crippen molar-refractivity contribution in [1.29, 1.82) is 0 Å². The number of hydrogen-bond donors (Lipinski definition) is 0. The zero-order valence-electron chi connectivity index (χ0n) is 11.3. The number of aryl methyl sites for hydroxylation is 2. The Morgan fingerprint density at radius 1 is 0.842 bits per heavy atom. The van der Waals surface area contributed by atoms with E-state index in [1.54, 1.807) is 0 Å². The van der Waals surface area contributed by atoms with Gasteiger partial charge in [0.1, 0.15) is 6.61 Å². The minimum absolute atomic E-state index is 0.190. The molecule has 0 N–H and O–H groups in total. The Morgan fingerprint density at radius 3 is 1.84 bits per heavy atom. The zero-order valence-corrected chi connectivity index (χ0v) is 11.3. The van der Waals surface area contributed by atoms with E-state index in [2.05, 4.69) is 0 Å². The second-order valence-electron chi connectivity index (χ2n) is 4.81. The Bertz CT molecular complexity index is 538. The quantitative estimate of drug-likeness (QED) is 0.779. The van der Waals surface area contributed by atoms with Gasteiger partial charge in [0.05, 0.1) is 6.42 Å². The van der Waals surface area contributed by atoms with Gasteiger partial charge in [0.15, 0.2) is 0 Å². The molecule has 0 unspecified atom stereocenters. The van der Waals surface area contributed by atoms with E-state index < -0.39 is 0 Å². The smallest absolute Gasteiger partial charge is 0.310 e. The van der Waals surface area contributed by atoms with E-state index in [1.165, 1.54) is 11.1 Å². The molecule has 0 saturated heterocycles. The summed E-state index contributed by atoms with van der Waals surface area (Å²) in [5.41, 5.74) is 4.40. The maximum Gasteiger partial charge on any atom is 0.310 e. The van der Waals surface area contributed by atoms with E-state index in [1.807, 2.05) is 62.4 Å². The van der Waals surface area contributed by atoms with E-state index in [0.717, 1.165) is 11.1 Å². The van der Waals surface area contributed by atoms with Gasteiger partial charge in [-0.25, -0.2) is 0 Å². The molecule has 98 valence electrons. The molecule has 0 amide bonds. The number of carbonyl (C=O) groups excluding carboxylic acids is 1. The van der Waals surface area contributed by atoms with E-state index >= 15 is 0 Å². The summed E-state index contributed by atoms with van der Waals surface area (Å²) in [4.78, 5) is 11.7. The number of ether oxygens (including phenoxy) is 1. The van der Waals surface area contributed by atoms with E-state index in [0.29, 0.717) is 13.0 Å². The molecule has 0 aliphatic carbocycles. The molecule has 0 heterocycles. The topological polar surface area (TPSA) is 26.3 Å². The fourth-order valence-corrected chi connectivity index (χ4v) is 1.77. The Morgan fingerprint density at radius 2 is 1.32 bits per heavy atom. The summed E-state index contributed by atoms with van der Waals surface area (Å²) < 4.78 is 5.26. The van der Waals surface area contributed by atoms with Crippen LogP contribution in [0, 0.1) is 13.8 Å². The van der Waals surface area contributed by atoms with Crippen LogP contribution in [-0.4, -0.2) is 5.97 Å². The van der Waals surface area contributed by atoms with Gasteiger partial charge in [0.2, 0.25) is 0 Å². The van der Waals surface area contributed by atoms with Gasteiger partial charge in [-0.15, -0.1) is 0 Å². The second kappa shape index (κ2) is 6.19. The van der Waals surface area contributed by atoms with E-state index in [4.69, 9.17) is 4.74 Å². The van der Waals surface area contributed by atoms with Crippen LogP contribution in [0.15, 0.2) is 48.5 Å². The first-order valence-electron chi connectivity index (χ1n) is 6.40. The second-order valence-corrected chi connectivity index (χ2v) is 4.81. The van der Waals surface area contributed by atoms with Crippen LogP contribution < -0.4 is 0 Å². The molecule has 2 rings (SSSR count). The standard InChI is InChI=1S/C17H18O2/c1-13-3-7-15(8-4-13)11-17(18)19-12-16-9-5-14(2)6-10-16/h3-10H,11-12H2,1-2H3. The lowest BCUT2D eigenvalue weighted by molar-refractivity contribution is -0.144. The van der Waals surface area contributed by atoms with Gasteiger partial charge >= 0.3 is 5.97 Å². The summed E-state index contributed by atoms with van der Waals surface area (Å²) in [6.45, 7) is 4.40. The van der Waals surface area contributed by atoms with Crippen LogP contribution in [0.1, 0.15) is 22.3 Å². The van der Waals surface area contributed by atoms with Crippen molar-refractivity contribution in [3.8, 4) is 0 Å². The molecule has 2 heteroatoms. The molecule has 2 aromatic rings. The molecule has 0 aliphatic heterocycles. The first kappa shape index (κ1) is 13.3. The highest BCUT2D eigenvalue weighted by Gasteiger charge is 2.05. The van der Waals surface area contributed by atoms with Gasteiger partial charge in [-0.3, -0.25) is 4.79 Å². The molecule has 2 nitrogen and oxygen atoms in total. The summed E-state index contributed by atoms with van der Waals surface area (Å²) >= 11 is 0. The highest BCUT2D eigenvalue weighted by Crippen LogP contribution is 2.07. The molecule has 0 aliphatic rings. The van der Waals surface area contributed by atoms with Gasteiger partial charge in [0, 0.05) is 0 Å². The summed E-state index contributed by atoms with van der Waals surface area (Å²) in [5, 5.41) is 0. The normalized spacial score (nSPS) is 10.2. The number of carbonyl (C=O) groups is 1. The highest BCUT2D eigenvalue weighted by molar-refractivity contribution is 5.72. The predicted molar refractivity (Wildman–Crippen MR) is 75.9 cm³/mol. The fourth-order valence-electron chi connectivity index (χ4n) is 1.77. The Hall–Kier alpha value is -2.09. The van der Waals surface area contributed by atoms with Gasteiger partial charge in [-0.2, -0.15) is 0 Å². The largest absolute Gasteiger partial charge is 0.461 e. The third-order valence-corrected chi connectivity index (χ3v) is 2.99. The SMILES string of the molecule is Cc1ccc(COC(=O)Cc2ccc(C)cc2)cc1. The van der Waals surface area contributed by atoms with Crippen LogP contribution in [0.3, 0.4) is 0 Å². The van der Waals surface area contributed by atoms with Gasteiger partial charge in [0.25, 0.3) is 0 Å². The van der Waals surface area contributed by atoms with Crippen molar-refractivity contribution in [3.05, 3.63) is 70.8 Å². The van der Waals surface area contributed by atoms with E-state index in [-0.39, 0.29) is 5.97 Å². The van der Waals surface area contributed by atoms with Crippen LogP contribution in [0.4, 0.5) is 0 Å². The van der Waals surface area contributed by atoms with Crippen molar-refractivity contribution in [2.24, 2.45) is 0 Å². The van der Waals surface area contributed by atoms with Crippen molar-refractivity contribution in [2.45, 2.75) is 26.9 Å². The molecule has 0 spiro atoms. The monoisotopic (exact) mass is 254 g/mol. The molecule has 19 heavy (non-hydrogen) atoms. The van der Waals surface area contributed by atoms with Gasteiger partial charge in [-0.05, 0) is 25.0 Å². The molecular formula is C17H18O2. The van der Waals surface area contributed by atoms with Crippen LogP contribution in [0.5, 0.6) is 0 Å². The molecule has 2 aromatic carbocycles. The van der Waals surface area contributed by atoms with Crippen molar-refractivity contribution in [1.82, 2.24) is 0 Å². The van der Waals surface area contributed by atoms with Crippen molar-refractivity contribution < 1.29 is 9.53 Å². The van der Waals surface area contributed by atoms with Crippen LogP contribution in [0.25, 0.3) is 0 Å². The fraction of sp³-hybridized carbons (Fsp3) is 0.235. The summed E-state index contributed by atoms with van der Waals surface area (Å²) in [6, 6.07) is 15.9. The summed E-state index contributed by atoms with van der Waals surface area (Å²) in [7, 11) is 0. The molecule has 0 radical (unpaired) electrons. The Balaban J connectivity index is 1.84. The van der Waals surface area contributed by atoms with Crippen molar-refractivity contribution in [2.75, 3.05) is 0 Å². The number of rotatable bonds is 4. The average Bonchev–Trinajstić information content (AvgIpc) is 2.41.